The van der Waals surface area contributed by atoms with Gasteiger partial charge >= 0.3 is 0 Å². The van der Waals surface area contributed by atoms with Gasteiger partial charge in [0, 0.05) is 11.8 Å². The number of allylic oxidation sites excluding steroid dienone is 4. The van der Waals surface area contributed by atoms with E-state index in [0.717, 1.165) is 25.7 Å². The molecule has 0 radical (unpaired) electrons. The van der Waals surface area contributed by atoms with Gasteiger partial charge in [-0.25, -0.2) is 0 Å². The zero-order valence-corrected chi connectivity index (χ0v) is 15.0. The van der Waals surface area contributed by atoms with E-state index in [1.807, 2.05) is 6.08 Å². The third kappa shape index (κ3) is 1.94. The Hall–Kier alpha value is -1.22. The summed E-state index contributed by atoms with van der Waals surface area (Å²) in [5.41, 5.74) is 1.05. The highest BCUT2D eigenvalue weighted by atomic mass is 16.3. The molecule has 6 atom stereocenters. The summed E-state index contributed by atoms with van der Waals surface area (Å²) < 4.78 is 0. The fraction of sp³-hybridized carbons (Fsp3) is 0.714. The van der Waals surface area contributed by atoms with E-state index in [-0.39, 0.29) is 17.0 Å². The fourth-order valence-electron chi connectivity index (χ4n) is 6.57. The topological polar surface area (TPSA) is 54.4 Å². The first-order valence-corrected chi connectivity index (χ1v) is 9.44. The number of hydrogen-bond donors (Lipinski definition) is 1. The SMILES string of the molecule is CC(=O)[C@@]1(O)CC[C@H]2[C@@H]3C=C(C)C4=CC(=O)CC[C@H]4[C@H]3CC[C@@]21C. The Morgan fingerprint density at radius 1 is 1.25 bits per heavy atom. The van der Waals surface area contributed by atoms with Crippen molar-refractivity contribution in [3.63, 3.8) is 0 Å². The summed E-state index contributed by atoms with van der Waals surface area (Å²) in [7, 11) is 0. The Morgan fingerprint density at radius 2 is 2.00 bits per heavy atom. The summed E-state index contributed by atoms with van der Waals surface area (Å²) >= 11 is 0. The molecule has 4 aliphatic rings. The second-order valence-electron chi connectivity index (χ2n) is 8.82. The first-order chi connectivity index (χ1) is 11.3. The molecule has 4 aliphatic carbocycles. The molecule has 0 aliphatic heterocycles. The van der Waals surface area contributed by atoms with Crippen LogP contribution in [0.2, 0.25) is 0 Å². The van der Waals surface area contributed by atoms with E-state index >= 15 is 0 Å². The molecular weight excluding hydrogens is 300 g/mol. The maximum Gasteiger partial charge on any atom is 0.161 e. The first-order valence-electron chi connectivity index (χ1n) is 9.44. The van der Waals surface area contributed by atoms with Crippen molar-refractivity contribution in [2.45, 2.75) is 64.9 Å². The minimum atomic E-state index is -1.15. The average Bonchev–Trinajstić information content (AvgIpc) is 2.81. The highest BCUT2D eigenvalue weighted by Gasteiger charge is 2.63. The molecule has 0 heterocycles. The van der Waals surface area contributed by atoms with Gasteiger partial charge in [-0.2, -0.15) is 0 Å². The molecular formula is C21H28O3. The predicted octanol–water partition coefficient (Wildman–Crippen LogP) is 3.61. The van der Waals surface area contributed by atoms with E-state index in [1.165, 1.54) is 11.1 Å². The Kier molecular flexibility index (Phi) is 3.48. The highest BCUT2D eigenvalue weighted by molar-refractivity contribution is 5.92. The normalized spacial score (nSPS) is 47.2. The molecule has 3 nitrogen and oxygen atoms in total. The van der Waals surface area contributed by atoms with Crippen LogP contribution in [0.1, 0.15) is 59.3 Å². The second kappa shape index (κ2) is 5.14. The molecule has 0 aromatic carbocycles. The molecule has 4 rings (SSSR count). The van der Waals surface area contributed by atoms with Crippen LogP contribution in [0.3, 0.4) is 0 Å². The zero-order valence-electron chi connectivity index (χ0n) is 15.0. The van der Waals surface area contributed by atoms with Gasteiger partial charge in [-0.3, -0.25) is 9.59 Å². The summed E-state index contributed by atoms with van der Waals surface area (Å²) in [5.74, 6) is 2.08. The van der Waals surface area contributed by atoms with E-state index in [4.69, 9.17) is 0 Å². The number of Topliss-reactive ketones (excluding diaryl/α,β-unsaturated/α-hetero) is 1. The van der Waals surface area contributed by atoms with Gasteiger partial charge in [0.15, 0.2) is 11.6 Å². The van der Waals surface area contributed by atoms with Crippen LogP contribution in [-0.4, -0.2) is 22.3 Å². The summed E-state index contributed by atoms with van der Waals surface area (Å²) in [6.07, 6.45) is 9.38. The van der Waals surface area contributed by atoms with Gasteiger partial charge in [-0.15, -0.1) is 0 Å². The van der Waals surface area contributed by atoms with E-state index in [2.05, 4.69) is 19.9 Å². The molecule has 0 aromatic heterocycles. The minimum absolute atomic E-state index is 0.0636. The molecule has 0 saturated heterocycles. The van der Waals surface area contributed by atoms with Crippen molar-refractivity contribution < 1.29 is 14.7 Å². The summed E-state index contributed by atoms with van der Waals surface area (Å²) in [4.78, 5) is 24.0. The molecule has 1 N–H and O–H groups in total. The number of fused-ring (bicyclic) bond motifs is 5. The van der Waals surface area contributed by atoms with E-state index in [0.29, 0.717) is 36.5 Å². The maximum atomic E-state index is 12.2. The van der Waals surface area contributed by atoms with Crippen LogP contribution < -0.4 is 0 Å². The Morgan fingerprint density at radius 3 is 2.71 bits per heavy atom. The molecule has 0 bridgehead atoms. The largest absolute Gasteiger partial charge is 0.382 e. The van der Waals surface area contributed by atoms with Gasteiger partial charge in [0.1, 0.15) is 5.60 Å². The lowest BCUT2D eigenvalue weighted by Crippen LogP contribution is -2.55. The molecule has 0 amide bonds. The van der Waals surface area contributed by atoms with E-state index in [1.54, 1.807) is 6.92 Å². The third-order valence-corrected chi connectivity index (χ3v) is 7.95. The number of carbonyl (C=O) groups is 2. The van der Waals surface area contributed by atoms with Crippen LogP contribution in [0.25, 0.3) is 0 Å². The number of aliphatic hydroxyl groups is 1. The van der Waals surface area contributed by atoms with Gasteiger partial charge in [0.25, 0.3) is 0 Å². The van der Waals surface area contributed by atoms with Crippen molar-refractivity contribution in [3.05, 3.63) is 23.3 Å². The third-order valence-electron chi connectivity index (χ3n) is 7.95. The van der Waals surface area contributed by atoms with Crippen molar-refractivity contribution >= 4 is 11.6 Å². The molecule has 0 unspecified atom stereocenters. The van der Waals surface area contributed by atoms with Crippen molar-refractivity contribution in [1.29, 1.82) is 0 Å². The van der Waals surface area contributed by atoms with Crippen LogP contribution in [0, 0.1) is 29.1 Å². The standard InChI is InChI=1S/C21H28O3/c1-12-10-18-16(15-5-4-14(23)11-17(12)15)6-8-20(3)19(18)7-9-21(20,24)13(2)22/h10-11,15-16,18-19,24H,4-9H2,1-3H3/t15-,16+,18+,19-,20-,21-/m0/s1. The molecule has 0 spiro atoms. The number of ketones is 2. The van der Waals surface area contributed by atoms with Gasteiger partial charge in [-0.05, 0) is 81.3 Å². The predicted molar refractivity (Wildman–Crippen MR) is 92.2 cm³/mol. The molecule has 24 heavy (non-hydrogen) atoms. The molecule has 130 valence electrons. The van der Waals surface area contributed by atoms with E-state index in [9.17, 15) is 14.7 Å². The van der Waals surface area contributed by atoms with E-state index < -0.39 is 5.60 Å². The minimum Gasteiger partial charge on any atom is -0.382 e. The van der Waals surface area contributed by atoms with Gasteiger partial charge in [-0.1, -0.05) is 18.6 Å². The van der Waals surface area contributed by atoms with Crippen LogP contribution >= 0.6 is 0 Å². The molecule has 2 saturated carbocycles. The van der Waals surface area contributed by atoms with Crippen LogP contribution in [0.5, 0.6) is 0 Å². The summed E-state index contributed by atoms with van der Waals surface area (Å²) in [6, 6.07) is 0. The van der Waals surface area contributed by atoms with Crippen molar-refractivity contribution in [1.82, 2.24) is 0 Å². The quantitative estimate of drug-likeness (QED) is 0.800. The van der Waals surface area contributed by atoms with Gasteiger partial charge in [0.2, 0.25) is 0 Å². The second-order valence-corrected chi connectivity index (χ2v) is 8.82. The number of hydrogen-bond acceptors (Lipinski definition) is 3. The number of carbonyl (C=O) groups excluding carboxylic acids is 2. The Bertz CT molecular complexity index is 673. The van der Waals surface area contributed by atoms with Crippen molar-refractivity contribution in [2.24, 2.45) is 29.1 Å². The zero-order chi connectivity index (χ0) is 17.3. The summed E-state index contributed by atoms with van der Waals surface area (Å²) in [6.45, 7) is 5.82. The van der Waals surface area contributed by atoms with Crippen molar-refractivity contribution in [3.8, 4) is 0 Å². The van der Waals surface area contributed by atoms with Gasteiger partial charge < -0.3 is 5.11 Å². The molecule has 0 aromatic rings. The lowest BCUT2D eigenvalue weighted by Gasteiger charge is -2.54. The molecule has 2 fully saturated rings. The first kappa shape index (κ1) is 16.3. The fourth-order valence-corrected chi connectivity index (χ4v) is 6.57. The average molecular weight is 328 g/mol. The highest BCUT2D eigenvalue weighted by Crippen LogP contribution is 2.64. The summed E-state index contributed by atoms with van der Waals surface area (Å²) in [5, 5.41) is 11.1. The lowest BCUT2D eigenvalue weighted by molar-refractivity contribution is -0.155. The Balaban J connectivity index is 1.75. The van der Waals surface area contributed by atoms with Crippen molar-refractivity contribution in [2.75, 3.05) is 0 Å². The molecule has 3 heteroatoms. The number of rotatable bonds is 1. The van der Waals surface area contributed by atoms with Crippen LogP contribution in [-0.2, 0) is 9.59 Å². The Labute approximate surface area is 144 Å². The van der Waals surface area contributed by atoms with Gasteiger partial charge in [0.05, 0.1) is 0 Å². The van der Waals surface area contributed by atoms with Crippen LogP contribution in [0.4, 0.5) is 0 Å². The lowest BCUT2D eigenvalue weighted by atomic mass is 9.51. The van der Waals surface area contributed by atoms with Crippen LogP contribution in [0.15, 0.2) is 23.3 Å². The maximum absolute atomic E-state index is 12.2. The monoisotopic (exact) mass is 328 g/mol. The smallest absolute Gasteiger partial charge is 0.161 e.